The summed E-state index contributed by atoms with van der Waals surface area (Å²) in [5, 5.41) is 3.01. The Bertz CT molecular complexity index is 675. The van der Waals surface area contributed by atoms with Crippen LogP contribution in [0.15, 0.2) is 30.3 Å². The molecule has 1 amide bonds. The van der Waals surface area contributed by atoms with Gasteiger partial charge in [-0.15, -0.1) is 0 Å². The maximum atomic E-state index is 12.5. The highest BCUT2D eigenvalue weighted by atomic mass is 16.6. The Kier molecular flexibility index (Phi) is 10.5. The predicted octanol–water partition coefficient (Wildman–Crippen LogP) is 5.16. The van der Waals surface area contributed by atoms with Gasteiger partial charge in [-0.25, -0.2) is 4.79 Å². The van der Waals surface area contributed by atoms with Gasteiger partial charge in [-0.05, 0) is 65.9 Å². The smallest absolute Gasteiger partial charge is 0.407 e. The van der Waals surface area contributed by atoms with Crippen LogP contribution in [0.25, 0.3) is 0 Å². The molecule has 0 radical (unpaired) electrons. The molecule has 6 heteroatoms. The van der Waals surface area contributed by atoms with Crippen molar-refractivity contribution in [1.82, 2.24) is 10.2 Å². The summed E-state index contributed by atoms with van der Waals surface area (Å²) < 4.78 is 11.0. The highest BCUT2D eigenvalue weighted by Crippen LogP contribution is 2.14. The van der Waals surface area contributed by atoms with E-state index >= 15 is 0 Å². The van der Waals surface area contributed by atoms with Crippen LogP contribution in [0.1, 0.15) is 73.8 Å². The molecule has 0 bridgehead atoms. The van der Waals surface area contributed by atoms with Crippen LogP contribution in [0.2, 0.25) is 0 Å². The van der Waals surface area contributed by atoms with Gasteiger partial charge in [0.1, 0.15) is 11.2 Å². The largest absolute Gasteiger partial charge is 0.459 e. The summed E-state index contributed by atoms with van der Waals surface area (Å²) in [7, 11) is 0. The predicted molar refractivity (Wildman–Crippen MR) is 125 cm³/mol. The number of esters is 1. The first kappa shape index (κ1) is 27.0. The molecule has 1 rings (SSSR count). The number of hydrogen-bond donors (Lipinski definition) is 1. The third-order valence-electron chi connectivity index (χ3n) is 4.29. The molecule has 1 N–H and O–H groups in total. The number of rotatable bonds is 10. The van der Waals surface area contributed by atoms with E-state index in [0.29, 0.717) is 25.4 Å². The maximum Gasteiger partial charge on any atom is 0.407 e. The summed E-state index contributed by atoms with van der Waals surface area (Å²) in [4.78, 5) is 26.8. The van der Waals surface area contributed by atoms with Gasteiger partial charge in [0.05, 0.1) is 6.54 Å². The van der Waals surface area contributed by atoms with Crippen molar-refractivity contribution >= 4 is 12.1 Å². The lowest BCUT2D eigenvalue weighted by molar-refractivity contribution is -0.156. The maximum absolute atomic E-state index is 12.5. The van der Waals surface area contributed by atoms with Crippen molar-refractivity contribution < 1.29 is 19.1 Å². The van der Waals surface area contributed by atoms with Gasteiger partial charge in [0.15, 0.2) is 0 Å². The van der Waals surface area contributed by atoms with Crippen LogP contribution in [-0.4, -0.2) is 47.3 Å². The monoisotopic (exact) mass is 434 g/mol. The lowest BCUT2D eigenvalue weighted by Crippen LogP contribution is -2.42. The minimum atomic E-state index is -0.539. The number of carbonyl (C=O) groups is 2. The van der Waals surface area contributed by atoms with Gasteiger partial charge >= 0.3 is 12.1 Å². The molecule has 6 nitrogen and oxygen atoms in total. The van der Waals surface area contributed by atoms with E-state index < -0.39 is 17.3 Å². The second-order valence-electron chi connectivity index (χ2n) is 10.5. The number of benzene rings is 1. The molecule has 31 heavy (non-hydrogen) atoms. The third kappa shape index (κ3) is 13.8. The number of nitrogens with one attached hydrogen (secondary N) is 1. The van der Waals surface area contributed by atoms with Crippen LogP contribution in [0, 0.1) is 5.92 Å². The summed E-state index contributed by atoms with van der Waals surface area (Å²) in [6, 6.07) is 10.0. The fraction of sp³-hybridized carbons (Fsp3) is 0.680. The van der Waals surface area contributed by atoms with Crippen molar-refractivity contribution in [3.63, 3.8) is 0 Å². The van der Waals surface area contributed by atoms with E-state index in [1.807, 2.05) is 71.9 Å². The second-order valence-corrected chi connectivity index (χ2v) is 10.5. The minimum absolute atomic E-state index is 0.0354. The average molecular weight is 435 g/mol. The lowest BCUT2D eigenvalue weighted by Gasteiger charge is -2.28. The molecule has 0 fully saturated rings. The van der Waals surface area contributed by atoms with Crippen LogP contribution in [-0.2, 0) is 20.8 Å². The van der Waals surface area contributed by atoms with Gasteiger partial charge in [-0.3, -0.25) is 9.69 Å². The fourth-order valence-corrected chi connectivity index (χ4v) is 3.24. The molecule has 176 valence electrons. The van der Waals surface area contributed by atoms with E-state index in [0.717, 1.165) is 12.0 Å². The van der Waals surface area contributed by atoms with Crippen LogP contribution in [0.5, 0.6) is 0 Å². The van der Waals surface area contributed by atoms with Crippen LogP contribution >= 0.6 is 0 Å². The molecule has 1 aromatic rings. The van der Waals surface area contributed by atoms with Crippen LogP contribution < -0.4 is 5.32 Å². The van der Waals surface area contributed by atoms with Gasteiger partial charge in [0.25, 0.3) is 0 Å². The molecule has 0 heterocycles. The molecule has 0 saturated carbocycles. The Hall–Kier alpha value is -2.08. The summed E-state index contributed by atoms with van der Waals surface area (Å²) in [6.45, 7) is 16.9. The molecule has 0 aliphatic heterocycles. The molecular weight excluding hydrogens is 392 g/mol. The third-order valence-corrected chi connectivity index (χ3v) is 4.29. The van der Waals surface area contributed by atoms with E-state index in [2.05, 4.69) is 24.1 Å². The minimum Gasteiger partial charge on any atom is -0.459 e. The van der Waals surface area contributed by atoms with Gasteiger partial charge in [-0.1, -0.05) is 44.2 Å². The number of alkyl carbamates (subject to hydrolysis) is 1. The zero-order chi connectivity index (χ0) is 23.7. The number of nitrogens with zero attached hydrogens (tertiary/aromatic N) is 1. The first-order chi connectivity index (χ1) is 14.2. The van der Waals surface area contributed by atoms with Crippen molar-refractivity contribution in [2.45, 2.75) is 92.0 Å². The standard InChI is InChI=1S/C25H42N2O4/c1-19(2)16-21(26-23(29)31-25(6,7)8)14-15-27(17-20-12-10-9-11-13-20)18-22(28)30-24(3,4)5/h9-13,19,21H,14-18H2,1-8H3,(H,26,29). The molecule has 1 unspecified atom stereocenters. The van der Waals surface area contributed by atoms with Crippen LogP contribution in [0.3, 0.4) is 0 Å². The Labute approximate surface area is 188 Å². The van der Waals surface area contributed by atoms with Gasteiger partial charge in [-0.2, -0.15) is 0 Å². The van der Waals surface area contributed by atoms with Gasteiger partial charge in [0.2, 0.25) is 0 Å². The summed E-state index contributed by atoms with van der Waals surface area (Å²) in [6.07, 6.45) is 1.15. The molecular formula is C25H42N2O4. The number of hydrogen-bond acceptors (Lipinski definition) is 5. The number of ether oxygens (including phenoxy) is 2. The van der Waals surface area contributed by atoms with Gasteiger partial charge in [0, 0.05) is 19.1 Å². The van der Waals surface area contributed by atoms with E-state index in [-0.39, 0.29) is 18.6 Å². The number of carbonyl (C=O) groups excluding carboxylic acids is 2. The van der Waals surface area contributed by atoms with Crippen molar-refractivity contribution in [2.24, 2.45) is 5.92 Å². The highest BCUT2D eigenvalue weighted by molar-refractivity contribution is 5.72. The van der Waals surface area contributed by atoms with E-state index in [9.17, 15) is 9.59 Å². The van der Waals surface area contributed by atoms with Crippen molar-refractivity contribution in [1.29, 1.82) is 0 Å². The normalized spacial score (nSPS) is 13.2. The Morgan fingerprint density at radius 3 is 2.06 bits per heavy atom. The van der Waals surface area contributed by atoms with E-state index in [4.69, 9.17) is 9.47 Å². The lowest BCUT2D eigenvalue weighted by atomic mass is 10.0. The van der Waals surface area contributed by atoms with Crippen molar-refractivity contribution in [3.8, 4) is 0 Å². The number of amides is 1. The van der Waals surface area contributed by atoms with E-state index in [1.54, 1.807) is 0 Å². The van der Waals surface area contributed by atoms with Crippen LogP contribution in [0.4, 0.5) is 4.79 Å². The topological polar surface area (TPSA) is 67.9 Å². The molecule has 0 saturated heterocycles. The fourth-order valence-electron chi connectivity index (χ4n) is 3.24. The zero-order valence-corrected chi connectivity index (χ0v) is 20.7. The van der Waals surface area contributed by atoms with Gasteiger partial charge < -0.3 is 14.8 Å². The Morgan fingerprint density at radius 2 is 1.55 bits per heavy atom. The summed E-state index contributed by atoms with van der Waals surface area (Å²) in [5.74, 6) is 0.178. The quantitative estimate of drug-likeness (QED) is 0.515. The molecule has 0 aromatic heterocycles. The second kappa shape index (κ2) is 12.1. The SMILES string of the molecule is CC(C)CC(CCN(CC(=O)OC(C)(C)C)Cc1ccccc1)NC(=O)OC(C)(C)C. The Balaban J connectivity index is 2.82. The first-order valence-electron chi connectivity index (χ1n) is 11.2. The summed E-state index contributed by atoms with van der Waals surface area (Å²) >= 11 is 0. The molecule has 0 aliphatic rings. The zero-order valence-electron chi connectivity index (χ0n) is 20.7. The van der Waals surface area contributed by atoms with Crippen molar-refractivity contribution in [2.75, 3.05) is 13.1 Å². The molecule has 1 aromatic carbocycles. The van der Waals surface area contributed by atoms with E-state index in [1.165, 1.54) is 0 Å². The molecule has 0 aliphatic carbocycles. The molecule has 1 atom stereocenters. The summed E-state index contributed by atoms with van der Waals surface area (Å²) in [5.41, 5.74) is 0.0720. The molecule has 0 spiro atoms. The Morgan fingerprint density at radius 1 is 0.968 bits per heavy atom. The first-order valence-corrected chi connectivity index (χ1v) is 11.2. The average Bonchev–Trinajstić information content (AvgIpc) is 2.56. The van der Waals surface area contributed by atoms with Crippen molar-refractivity contribution in [3.05, 3.63) is 35.9 Å². The highest BCUT2D eigenvalue weighted by Gasteiger charge is 2.23.